The lowest BCUT2D eigenvalue weighted by molar-refractivity contribution is 0.451. The molecule has 0 radical (unpaired) electrons. The van der Waals surface area contributed by atoms with E-state index in [2.05, 4.69) is 5.32 Å². The van der Waals surface area contributed by atoms with E-state index in [0.29, 0.717) is 19.0 Å². The van der Waals surface area contributed by atoms with Gasteiger partial charge in [-0.2, -0.15) is 9.57 Å². The van der Waals surface area contributed by atoms with Crippen LogP contribution in [0.25, 0.3) is 0 Å². The third-order valence-corrected chi connectivity index (χ3v) is 5.67. The monoisotopic (exact) mass is 349 g/mol. The molecule has 0 spiro atoms. The van der Waals surface area contributed by atoms with Crippen molar-refractivity contribution < 1.29 is 8.42 Å². The highest BCUT2D eigenvalue weighted by molar-refractivity contribution is 7.89. The molecule has 1 aliphatic heterocycles. The molecule has 0 aromatic heterocycles. The van der Waals surface area contributed by atoms with Crippen LogP contribution in [0.1, 0.15) is 12.0 Å². The molecule has 2 rings (SSSR count). The Morgan fingerprint density at radius 3 is 2.86 bits per heavy atom. The third-order valence-electron chi connectivity index (χ3n) is 3.45. The van der Waals surface area contributed by atoms with E-state index in [4.69, 9.17) is 16.9 Å². The van der Waals surface area contributed by atoms with E-state index < -0.39 is 10.0 Å². The van der Waals surface area contributed by atoms with E-state index in [0.717, 1.165) is 13.0 Å². The van der Waals surface area contributed by atoms with Crippen LogP contribution in [-0.2, 0) is 10.0 Å². The maximum Gasteiger partial charge on any atom is 0.244 e. The van der Waals surface area contributed by atoms with Gasteiger partial charge in [0.1, 0.15) is 11.0 Å². The lowest BCUT2D eigenvalue weighted by Crippen LogP contribution is -2.31. The summed E-state index contributed by atoms with van der Waals surface area (Å²) in [6.45, 7) is 1.74. The second-order valence-corrected chi connectivity index (χ2v) is 7.11. The van der Waals surface area contributed by atoms with Crippen molar-refractivity contribution in [3.05, 3.63) is 28.8 Å². The summed E-state index contributed by atoms with van der Waals surface area (Å²) >= 11 is 5.91. The van der Waals surface area contributed by atoms with Gasteiger partial charge in [0.25, 0.3) is 0 Å². The standard InChI is InChI=1S/C13H16ClN3O2S.ClH/c1-16-8-10-5-6-17(9-10)20(18,19)13-4-2-3-12(14)11(13)7-15;/h2-4,10,16H,5-6,8-9H2,1H3;1H. The Kier molecular flexibility index (Phi) is 6.44. The molecular weight excluding hydrogens is 333 g/mol. The SMILES string of the molecule is CNCC1CCN(S(=O)(=O)c2cccc(Cl)c2C#N)C1.Cl. The average molecular weight is 350 g/mol. The van der Waals surface area contributed by atoms with E-state index >= 15 is 0 Å². The average Bonchev–Trinajstić information content (AvgIpc) is 2.88. The van der Waals surface area contributed by atoms with Crippen LogP contribution in [0.2, 0.25) is 5.02 Å². The molecule has 1 aromatic rings. The first-order chi connectivity index (χ1) is 9.50. The predicted octanol–water partition coefficient (Wildman–Crippen LogP) is 1.86. The first-order valence-electron chi connectivity index (χ1n) is 6.34. The molecule has 0 bridgehead atoms. The van der Waals surface area contributed by atoms with Crippen LogP contribution >= 0.6 is 24.0 Å². The normalized spacial score (nSPS) is 19.0. The van der Waals surface area contributed by atoms with Crippen LogP contribution in [0.5, 0.6) is 0 Å². The highest BCUT2D eigenvalue weighted by Crippen LogP contribution is 2.29. The quantitative estimate of drug-likeness (QED) is 0.900. The van der Waals surface area contributed by atoms with Crippen molar-refractivity contribution in [3.8, 4) is 6.07 Å². The number of nitrogens with one attached hydrogen (secondary N) is 1. The van der Waals surface area contributed by atoms with Crippen LogP contribution in [-0.4, -0.2) is 39.4 Å². The molecule has 0 saturated carbocycles. The molecule has 116 valence electrons. The van der Waals surface area contributed by atoms with Crippen molar-refractivity contribution in [2.24, 2.45) is 5.92 Å². The second kappa shape index (κ2) is 7.43. The van der Waals surface area contributed by atoms with Crippen molar-refractivity contribution in [1.82, 2.24) is 9.62 Å². The summed E-state index contributed by atoms with van der Waals surface area (Å²) in [5.41, 5.74) is 0.0197. The van der Waals surface area contributed by atoms with Gasteiger partial charge in [-0.1, -0.05) is 17.7 Å². The number of hydrogen-bond donors (Lipinski definition) is 1. The molecule has 1 atom stereocenters. The highest BCUT2D eigenvalue weighted by atomic mass is 35.5. The Hall–Kier alpha value is -0.840. The van der Waals surface area contributed by atoms with Crippen molar-refractivity contribution >= 4 is 34.0 Å². The van der Waals surface area contributed by atoms with Gasteiger partial charge in [0, 0.05) is 13.1 Å². The number of hydrogen-bond acceptors (Lipinski definition) is 4. The number of sulfonamides is 1. The molecule has 1 aliphatic rings. The molecule has 1 saturated heterocycles. The predicted molar refractivity (Wildman–Crippen MR) is 84.2 cm³/mol. The van der Waals surface area contributed by atoms with Gasteiger partial charge in [-0.05, 0) is 38.1 Å². The van der Waals surface area contributed by atoms with Crippen molar-refractivity contribution in [2.45, 2.75) is 11.3 Å². The summed E-state index contributed by atoms with van der Waals surface area (Å²) in [6, 6.07) is 6.39. The first-order valence-corrected chi connectivity index (χ1v) is 8.16. The lowest BCUT2D eigenvalue weighted by atomic mass is 10.1. The second-order valence-electron chi connectivity index (χ2n) is 4.80. The van der Waals surface area contributed by atoms with E-state index in [1.165, 1.54) is 16.4 Å². The number of halogens is 2. The number of nitrogens with zero attached hydrogens (tertiary/aromatic N) is 2. The molecule has 8 heteroatoms. The number of rotatable bonds is 4. The highest BCUT2D eigenvalue weighted by Gasteiger charge is 2.34. The Morgan fingerprint density at radius 2 is 2.24 bits per heavy atom. The van der Waals surface area contributed by atoms with Crippen LogP contribution in [0, 0.1) is 17.2 Å². The van der Waals surface area contributed by atoms with Gasteiger partial charge in [0.2, 0.25) is 10.0 Å². The Balaban J connectivity index is 0.00000220. The molecule has 0 aliphatic carbocycles. The van der Waals surface area contributed by atoms with Gasteiger partial charge >= 0.3 is 0 Å². The molecule has 1 fully saturated rings. The minimum Gasteiger partial charge on any atom is -0.319 e. The van der Waals surface area contributed by atoms with Gasteiger partial charge in [-0.3, -0.25) is 0 Å². The Morgan fingerprint density at radius 1 is 1.52 bits per heavy atom. The summed E-state index contributed by atoms with van der Waals surface area (Å²) in [5.74, 6) is 0.305. The third kappa shape index (κ3) is 3.68. The van der Waals surface area contributed by atoms with Gasteiger partial charge < -0.3 is 5.32 Å². The first kappa shape index (κ1) is 18.2. The van der Waals surface area contributed by atoms with Crippen molar-refractivity contribution in [1.29, 1.82) is 5.26 Å². The number of benzene rings is 1. The van der Waals surface area contributed by atoms with Crippen LogP contribution < -0.4 is 5.32 Å². The summed E-state index contributed by atoms with van der Waals surface area (Å²) in [5, 5.41) is 12.3. The molecule has 1 N–H and O–H groups in total. The fourth-order valence-corrected chi connectivity index (χ4v) is 4.41. The zero-order chi connectivity index (χ0) is 14.8. The van der Waals surface area contributed by atoms with Crippen LogP contribution in [0.3, 0.4) is 0 Å². The summed E-state index contributed by atoms with van der Waals surface area (Å²) in [4.78, 5) is -0.00222. The van der Waals surface area contributed by atoms with E-state index in [1.54, 1.807) is 6.07 Å². The molecule has 1 heterocycles. The maximum atomic E-state index is 12.6. The van der Waals surface area contributed by atoms with Crippen molar-refractivity contribution in [3.63, 3.8) is 0 Å². The lowest BCUT2D eigenvalue weighted by Gasteiger charge is -2.17. The maximum absolute atomic E-state index is 12.6. The minimum absolute atomic E-state index is 0. The Bertz CT molecular complexity index is 643. The molecule has 5 nitrogen and oxygen atoms in total. The zero-order valence-corrected chi connectivity index (χ0v) is 13.9. The van der Waals surface area contributed by atoms with Gasteiger partial charge in [0.15, 0.2) is 0 Å². The zero-order valence-electron chi connectivity index (χ0n) is 11.5. The summed E-state index contributed by atoms with van der Waals surface area (Å²) < 4.78 is 26.7. The van der Waals surface area contributed by atoms with Crippen LogP contribution in [0.15, 0.2) is 23.1 Å². The van der Waals surface area contributed by atoms with E-state index in [9.17, 15) is 8.42 Å². The molecule has 1 aromatic carbocycles. The van der Waals surface area contributed by atoms with Gasteiger partial charge in [0.05, 0.1) is 10.6 Å². The van der Waals surface area contributed by atoms with E-state index in [1.807, 2.05) is 13.1 Å². The fraction of sp³-hybridized carbons (Fsp3) is 0.462. The molecule has 1 unspecified atom stereocenters. The largest absolute Gasteiger partial charge is 0.319 e. The summed E-state index contributed by atoms with van der Waals surface area (Å²) in [6.07, 6.45) is 0.822. The number of nitriles is 1. The molecular formula is C13H17Cl2N3O2S. The topological polar surface area (TPSA) is 73.2 Å². The van der Waals surface area contributed by atoms with Gasteiger partial charge in [-0.15, -0.1) is 12.4 Å². The smallest absolute Gasteiger partial charge is 0.244 e. The molecule has 21 heavy (non-hydrogen) atoms. The van der Waals surface area contributed by atoms with E-state index in [-0.39, 0.29) is 27.9 Å². The minimum atomic E-state index is -3.66. The summed E-state index contributed by atoms with van der Waals surface area (Å²) in [7, 11) is -1.81. The van der Waals surface area contributed by atoms with Gasteiger partial charge in [-0.25, -0.2) is 8.42 Å². The Labute approximate surface area is 136 Å². The molecule has 0 amide bonds. The van der Waals surface area contributed by atoms with Crippen LogP contribution in [0.4, 0.5) is 0 Å². The van der Waals surface area contributed by atoms with Crippen molar-refractivity contribution in [2.75, 3.05) is 26.7 Å². The fourth-order valence-electron chi connectivity index (χ4n) is 2.44.